The minimum atomic E-state index is -0.0707. The first kappa shape index (κ1) is 13.2. The second-order valence-corrected chi connectivity index (χ2v) is 5.04. The van der Waals surface area contributed by atoms with Crippen LogP contribution in [-0.4, -0.2) is 22.2 Å². The van der Waals surface area contributed by atoms with Gasteiger partial charge in [-0.3, -0.25) is 4.79 Å². The lowest BCUT2D eigenvalue weighted by Crippen LogP contribution is -2.32. The van der Waals surface area contributed by atoms with E-state index in [9.17, 15) is 4.79 Å². The number of nitriles is 1. The highest BCUT2D eigenvalue weighted by atomic mass is 16.2. The van der Waals surface area contributed by atoms with Crippen molar-refractivity contribution in [2.75, 3.05) is 17.2 Å². The number of nitrogens with two attached hydrogens (primary N) is 1. The van der Waals surface area contributed by atoms with E-state index in [1.807, 2.05) is 30.3 Å². The lowest BCUT2D eigenvalue weighted by molar-refractivity contribution is -0.119. The number of hydrogen-bond acceptors (Lipinski definition) is 4. The molecule has 6 nitrogen and oxygen atoms in total. The van der Waals surface area contributed by atoms with Crippen LogP contribution in [0.25, 0.3) is 0 Å². The zero-order valence-corrected chi connectivity index (χ0v) is 11.7. The van der Waals surface area contributed by atoms with Gasteiger partial charge in [-0.05, 0) is 25.0 Å². The summed E-state index contributed by atoms with van der Waals surface area (Å²) in [6, 6.07) is 9.88. The van der Waals surface area contributed by atoms with Gasteiger partial charge in [-0.2, -0.15) is 10.4 Å². The van der Waals surface area contributed by atoms with Gasteiger partial charge in [0.2, 0.25) is 5.91 Å². The van der Waals surface area contributed by atoms with Crippen LogP contribution in [0.3, 0.4) is 0 Å². The van der Waals surface area contributed by atoms with E-state index in [2.05, 4.69) is 5.10 Å². The normalized spacial score (nSPS) is 13.0. The van der Waals surface area contributed by atoms with E-state index in [1.54, 1.807) is 11.8 Å². The average Bonchev–Trinajstić information content (AvgIpc) is 3.01. The summed E-state index contributed by atoms with van der Waals surface area (Å²) in [5.41, 5.74) is 8.87. The van der Waals surface area contributed by atoms with Gasteiger partial charge >= 0.3 is 0 Å². The topological polar surface area (TPSA) is 87.9 Å². The van der Waals surface area contributed by atoms with E-state index < -0.39 is 0 Å². The molecule has 0 atom stereocenters. The number of carbonyl (C=O) groups is 1. The minimum absolute atomic E-state index is 0.0443. The molecule has 2 N–H and O–H groups in total. The zero-order valence-electron chi connectivity index (χ0n) is 11.7. The maximum absolute atomic E-state index is 12.5. The van der Waals surface area contributed by atoms with Crippen LogP contribution in [-0.2, 0) is 17.8 Å². The van der Waals surface area contributed by atoms with Crippen LogP contribution in [0, 0.1) is 18.3 Å². The van der Waals surface area contributed by atoms with Crippen molar-refractivity contribution in [1.82, 2.24) is 9.78 Å². The fraction of sp³-hybridized carbons (Fsp3) is 0.267. The van der Waals surface area contributed by atoms with Crippen molar-refractivity contribution >= 4 is 17.4 Å². The van der Waals surface area contributed by atoms with Gasteiger partial charge in [0.05, 0.1) is 5.69 Å². The molecule has 0 unspecified atom stereocenters. The Morgan fingerprint density at radius 3 is 2.95 bits per heavy atom. The smallest absolute Gasteiger partial charge is 0.248 e. The van der Waals surface area contributed by atoms with E-state index >= 15 is 0 Å². The quantitative estimate of drug-likeness (QED) is 0.896. The Hall–Kier alpha value is -2.81. The average molecular weight is 281 g/mol. The second kappa shape index (κ2) is 4.94. The van der Waals surface area contributed by atoms with Gasteiger partial charge in [0, 0.05) is 12.2 Å². The summed E-state index contributed by atoms with van der Waals surface area (Å²) in [6.45, 7) is 2.42. The van der Waals surface area contributed by atoms with E-state index in [1.165, 1.54) is 10.2 Å². The van der Waals surface area contributed by atoms with Crippen molar-refractivity contribution in [3.05, 3.63) is 41.1 Å². The molecule has 3 rings (SSSR count). The third-order valence-electron chi connectivity index (χ3n) is 3.75. The molecule has 0 fully saturated rings. The van der Waals surface area contributed by atoms with Gasteiger partial charge in [-0.1, -0.05) is 18.2 Å². The predicted octanol–water partition coefficient (Wildman–Crippen LogP) is 1.23. The minimum Gasteiger partial charge on any atom is -0.383 e. The van der Waals surface area contributed by atoms with E-state index in [0.717, 1.165) is 12.1 Å². The molecule has 1 aliphatic rings. The fourth-order valence-electron chi connectivity index (χ4n) is 2.67. The van der Waals surface area contributed by atoms with E-state index in [0.29, 0.717) is 17.8 Å². The van der Waals surface area contributed by atoms with Crippen LogP contribution < -0.4 is 10.6 Å². The number of aromatic nitrogens is 2. The molecule has 1 aliphatic heterocycles. The molecule has 0 radical (unpaired) electrons. The summed E-state index contributed by atoms with van der Waals surface area (Å²) < 4.78 is 1.40. The highest BCUT2D eigenvalue weighted by Gasteiger charge is 2.25. The zero-order chi connectivity index (χ0) is 15.0. The van der Waals surface area contributed by atoms with Gasteiger partial charge in [0.1, 0.15) is 24.0 Å². The number of amides is 1. The molecule has 21 heavy (non-hydrogen) atoms. The second-order valence-electron chi connectivity index (χ2n) is 5.04. The number of aryl methyl sites for hydroxylation is 1. The Kier molecular flexibility index (Phi) is 3.10. The summed E-state index contributed by atoms with van der Waals surface area (Å²) in [5.74, 6) is 0.175. The number of nitrogens with zero attached hydrogens (tertiary/aromatic N) is 4. The standard InChI is InChI=1S/C15H15N5O/c1-10-12(8-16)15(17)20(18-10)9-14(21)19-7-6-11-4-2-3-5-13(11)19/h2-5H,6-7,9,17H2,1H3. The molecule has 2 aromatic rings. The van der Waals surface area contributed by atoms with Crippen molar-refractivity contribution in [2.45, 2.75) is 19.9 Å². The monoisotopic (exact) mass is 281 g/mol. The number of fused-ring (bicyclic) bond motifs is 1. The third-order valence-corrected chi connectivity index (χ3v) is 3.75. The summed E-state index contributed by atoms with van der Waals surface area (Å²) >= 11 is 0. The number of anilines is 2. The highest BCUT2D eigenvalue weighted by molar-refractivity contribution is 5.95. The lowest BCUT2D eigenvalue weighted by atomic mass is 10.2. The lowest BCUT2D eigenvalue weighted by Gasteiger charge is -2.17. The molecular formula is C15H15N5O. The van der Waals surface area contributed by atoms with Crippen LogP contribution in [0.5, 0.6) is 0 Å². The molecule has 0 saturated carbocycles. The molecule has 2 heterocycles. The molecule has 106 valence electrons. The Balaban J connectivity index is 1.84. The Labute approximate surface area is 122 Å². The van der Waals surface area contributed by atoms with Crippen LogP contribution in [0.1, 0.15) is 16.8 Å². The number of carbonyl (C=O) groups excluding carboxylic acids is 1. The molecule has 1 amide bonds. The van der Waals surface area contributed by atoms with Gasteiger partial charge in [-0.25, -0.2) is 4.68 Å². The number of benzene rings is 1. The van der Waals surface area contributed by atoms with Crippen molar-refractivity contribution in [1.29, 1.82) is 5.26 Å². The Bertz CT molecular complexity index is 756. The number of rotatable bonds is 2. The van der Waals surface area contributed by atoms with Crippen molar-refractivity contribution in [2.24, 2.45) is 0 Å². The summed E-state index contributed by atoms with van der Waals surface area (Å²) in [6.07, 6.45) is 0.860. The highest BCUT2D eigenvalue weighted by Crippen LogP contribution is 2.27. The molecule has 0 saturated heterocycles. The first-order valence-electron chi connectivity index (χ1n) is 6.73. The Morgan fingerprint density at radius 2 is 2.24 bits per heavy atom. The molecule has 1 aromatic carbocycles. The molecule has 0 spiro atoms. The van der Waals surface area contributed by atoms with Crippen molar-refractivity contribution < 1.29 is 4.79 Å². The summed E-state index contributed by atoms with van der Waals surface area (Å²) in [7, 11) is 0. The summed E-state index contributed by atoms with van der Waals surface area (Å²) in [5, 5.41) is 13.2. The van der Waals surface area contributed by atoms with Crippen LogP contribution >= 0.6 is 0 Å². The molecule has 1 aromatic heterocycles. The summed E-state index contributed by atoms with van der Waals surface area (Å²) in [4.78, 5) is 14.2. The first-order chi connectivity index (χ1) is 10.1. The van der Waals surface area contributed by atoms with E-state index in [-0.39, 0.29) is 18.3 Å². The largest absolute Gasteiger partial charge is 0.383 e. The van der Waals surface area contributed by atoms with Gasteiger partial charge in [0.25, 0.3) is 0 Å². The van der Waals surface area contributed by atoms with Crippen LogP contribution in [0.15, 0.2) is 24.3 Å². The number of para-hydroxylation sites is 1. The van der Waals surface area contributed by atoms with Gasteiger partial charge in [-0.15, -0.1) is 0 Å². The van der Waals surface area contributed by atoms with Gasteiger partial charge in [0.15, 0.2) is 0 Å². The number of hydrogen-bond donors (Lipinski definition) is 1. The van der Waals surface area contributed by atoms with Crippen LogP contribution in [0.4, 0.5) is 11.5 Å². The maximum atomic E-state index is 12.5. The number of nitrogen functional groups attached to an aromatic ring is 1. The molecular weight excluding hydrogens is 266 g/mol. The Morgan fingerprint density at radius 1 is 1.48 bits per heavy atom. The maximum Gasteiger partial charge on any atom is 0.248 e. The third kappa shape index (κ3) is 2.13. The fourth-order valence-corrected chi connectivity index (χ4v) is 2.67. The van der Waals surface area contributed by atoms with Crippen LogP contribution in [0.2, 0.25) is 0 Å². The molecule has 0 aliphatic carbocycles. The molecule has 0 bridgehead atoms. The van der Waals surface area contributed by atoms with Crippen molar-refractivity contribution in [3.63, 3.8) is 0 Å². The van der Waals surface area contributed by atoms with E-state index in [4.69, 9.17) is 11.0 Å². The first-order valence-corrected chi connectivity index (χ1v) is 6.73. The van der Waals surface area contributed by atoms with Gasteiger partial charge < -0.3 is 10.6 Å². The predicted molar refractivity (Wildman–Crippen MR) is 78.6 cm³/mol. The van der Waals surface area contributed by atoms with Crippen molar-refractivity contribution in [3.8, 4) is 6.07 Å². The SMILES string of the molecule is Cc1nn(CC(=O)N2CCc3ccccc32)c(N)c1C#N. The molecule has 6 heteroatoms.